The fourth-order valence-corrected chi connectivity index (χ4v) is 5.18. The Morgan fingerprint density at radius 3 is 2.45 bits per heavy atom. The van der Waals surface area contributed by atoms with Crippen LogP contribution in [0.2, 0.25) is 5.02 Å². The summed E-state index contributed by atoms with van der Waals surface area (Å²) in [6.07, 6.45) is 3.78. The lowest BCUT2D eigenvalue weighted by atomic mass is 9.90. The fraction of sp³-hybridized carbons (Fsp3) is 0.625. The Morgan fingerprint density at radius 2 is 1.79 bits per heavy atom. The summed E-state index contributed by atoms with van der Waals surface area (Å²) >= 11 is 6.08. The van der Waals surface area contributed by atoms with Gasteiger partial charge in [-0.2, -0.15) is 0 Å². The minimum atomic E-state index is -0.276. The molecule has 1 aliphatic carbocycles. The van der Waals surface area contributed by atoms with Gasteiger partial charge in [-0.3, -0.25) is 9.59 Å². The summed E-state index contributed by atoms with van der Waals surface area (Å²) in [6.45, 7) is 4.63. The van der Waals surface area contributed by atoms with Crippen LogP contribution in [0, 0.1) is 11.3 Å². The van der Waals surface area contributed by atoms with Gasteiger partial charge in [0.2, 0.25) is 5.91 Å². The van der Waals surface area contributed by atoms with Crippen molar-refractivity contribution < 1.29 is 23.9 Å². The highest BCUT2D eigenvalue weighted by Crippen LogP contribution is 2.59. The molecule has 3 amide bonds. The molecule has 8 nitrogen and oxygen atoms in total. The molecule has 1 N–H and O–H groups in total. The first-order valence-corrected chi connectivity index (χ1v) is 12.2. The lowest BCUT2D eigenvalue weighted by Gasteiger charge is -2.34. The number of halogens is 1. The number of hydrogen-bond donors (Lipinski definition) is 1. The van der Waals surface area contributed by atoms with E-state index in [1.165, 1.54) is 0 Å². The largest absolute Gasteiger partial charge is 0.482 e. The molecule has 1 aromatic rings. The highest BCUT2D eigenvalue weighted by molar-refractivity contribution is 6.32. The first-order chi connectivity index (χ1) is 15.9. The molecule has 2 heterocycles. The monoisotopic (exact) mass is 477 g/mol. The SMILES string of the molecule is CCOC(=O)N1CCC(NC(=O)C2CC23CCN(C(=O)COc2ccccc2Cl)CC3)CC1. The van der Waals surface area contributed by atoms with Crippen molar-refractivity contribution in [3.8, 4) is 5.75 Å². The van der Waals surface area contributed by atoms with Crippen LogP contribution in [0.1, 0.15) is 39.0 Å². The van der Waals surface area contributed by atoms with Gasteiger partial charge in [-0.05, 0) is 56.6 Å². The van der Waals surface area contributed by atoms with Crippen LogP contribution in [0.5, 0.6) is 5.75 Å². The van der Waals surface area contributed by atoms with Gasteiger partial charge in [0.1, 0.15) is 5.75 Å². The van der Waals surface area contributed by atoms with Gasteiger partial charge in [-0.15, -0.1) is 0 Å². The molecule has 1 unspecified atom stereocenters. The second-order valence-corrected chi connectivity index (χ2v) is 9.59. The number of nitrogens with one attached hydrogen (secondary N) is 1. The molecule has 180 valence electrons. The van der Waals surface area contributed by atoms with Crippen molar-refractivity contribution in [3.63, 3.8) is 0 Å². The number of benzene rings is 1. The smallest absolute Gasteiger partial charge is 0.409 e. The lowest BCUT2D eigenvalue weighted by molar-refractivity contribution is -0.135. The van der Waals surface area contributed by atoms with E-state index in [1.807, 2.05) is 17.0 Å². The van der Waals surface area contributed by atoms with Crippen LogP contribution in [-0.2, 0) is 14.3 Å². The fourth-order valence-electron chi connectivity index (χ4n) is 4.99. The molecule has 4 rings (SSSR count). The molecule has 1 saturated carbocycles. The Bertz CT molecular complexity index is 879. The molecule has 0 radical (unpaired) electrons. The maximum absolute atomic E-state index is 12.8. The summed E-state index contributed by atoms with van der Waals surface area (Å²) in [5, 5.41) is 3.68. The number of piperidine rings is 2. The number of likely N-dealkylation sites (tertiary alicyclic amines) is 2. The van der Waals surface area contributed by atoms with Crippen LogP contribution in [0.15, 0.2) is 24.3 Å². The third-order valence-corrected chi connectivity index (χ3v) is 7.49. The van der Waals surface area contributed by atoms with E-state index in [4.69, 9.17) is 21.1 Å². The Morgan fingerprint density at radius 1 is 1.09 bits per heavy atom. The Kier molecular flexibility index (Phi) is 7.32. The number of hydrogen-bond acceptors (Lipinski definition) is 5. The van der Waals surface area contributed by atoms with Gasteiger partial charge in [-0.1, -0.05) is 23.7 Å². The van der Waals surface area contributed by atoms with Crippen LogP contribution in [-0.4, -0.2) is 73.1 Å². The minimum Gasteiger partial charge on any atom is -0.482 e. The molecule has 1 aromatic carbocycles. The van der Waals surface area contributed by atoms with Crippen molar-refractivity contribution in [2.45, 2.75) is 45.1 Å². The van der Waals surface area contributed by atoms with Crippen LogP contribution in [0.25, 0.3) is 0 Å². The first kappa shape index (κ1) is 23.7. The molecule has 3 fully saturated rings. The summed E-state index contributed by atoms with van der Waals surface area (Å²) in [6, 6.07) is 7.21. The van der Waals surface area contributed by atoms with E-state index in [2.05, 4.69) is 5.32 Å². The van der Waals surface area contributed by atoms with Gasteiger partial charge in [0.05, 0.1) is 11.6 Å². The van der Waals surface area contributed by atoms with Crippen molar-refractivity contribution >= 4 is 29.5 Å². The average molecular weight is 478 g/mol. The highest BCUT2D eigenvalue weighted by Gasteiger charge is 2.58. The summed E-state index contributed by atoms with van der Waals surface area (Å²) < 4.78 is 10.6. The summed E-state index contributed by atoms with van der Waals surface area (Å²) in [5.41, 5.74) is 0.0239. The third kappa shape index (κ3) is 5.54. The Labute approximate surface area is 199 Å². The molecule has 1 atom stereocenters. The molecule has 2 saturated heterocycles. The second-order valence-electron chi connectivity index (χ2n) is 9.19. The molecule has 9 heteroatoms. The molecule has 0 aromatic heterocycles. The van der Waals surface area contributed by atoms with Crippen LogP contribution >= 0.6 is 11.6 Å². The quantitative estimate of drug-likeness (QED) is 0.680. The predicted octanol–water partition coefficient (Wildman–Crippen LogP) is 3.08. The molecular formula is C24H32ClN3O5. The molecule has 33 heavy (non-hydrogen) atoms. The minimum absolute atomic E-state index is 0.0239. The Balaban J connectivity index is 1.17. The number of para-hydroxylation sites is 1. The predicted molar refractivity (Wildman–Crippen MR) is 123 cm³/mol. The second kappa shape index (κ2) is 10.2. The average Bonchev–Trinajstić information content (AvgIpc) is 3.52. The van der Waals surface area contributed by atoms with Gasteiger partial charge >= 0.3 is 6.09 Å². The molecule has 3 aliphatic rings. The molecule has 1 spiro atoms. The maximum atomic E-state index is 12.8. The van der Waals surface area contributed by atoms with Crippen molar-refractivity contribution in [2.75, 3.05) is 39.4 Å². The number of nitrogens with zero attached hydrogens (tertiary/aromatic N) is 2. The van der Waals surface area contributed by atoms with Gasteiger partial charge in [0.15, 0.2) is 6.61 Å². The first-order valence-electron chi connectivity index (χ1n) is 11.8. The molecule has 2 aliphatic heterocycles. The van der Waals surface area contributed by atoms with E-state index in [0.29, 0.717) is 43.6 Å². The van der Waals surface area contributed by atoms with Crippen molar-refractivity contribution in [1.29, 1.82) is 0 Å². The normalized spacial score (nSPS) is 22.1. The zero-order valence-electron chi connectivity index (χ0n) is 19.1. The van der Waals surface area contributed by atoms with E-state index >= 15 is 0 Å². The van der Waals surface area contributed by atoms with Crippen molar-refractivity contribution in [2.24, 2.45) is 11.3 Å². The standard InChI is InChI=1S/C24H32ClN3O5/c1-2-32-23(31)28-11-7-17(8-12-28)26-22(30)18-15-24(18)9-13-27(14-10-24)21(29)16-33-20-6-4-3-5-19(20)25/h3-6,17-18H,2,7-16H2,1H3,(H,26,30). The van der Waals surface area contributed by atoms with Crippen LogP contribution < -0.4 is 10.1 Å². The van der Waals surface area contributed by atoms with E-state index in [-0.39, 0.29) is 41.9 Å². The number of rotatable bonds is 6. The lowest BCUT2D eigenvalue weighted by Crippen LogP contribution is -2.47. The number of amides is 3. The number of ether oxygens (including phenoxy) is 2. The zero-order chi connectivity index (χ0) is 23.4. The molecule has 0 bridgehead atoms. The van der Waals surface area contributed by atoms with E-state index in [9.17, 15) is 14.4 Å². The van der Waals surface area contributed by atoms with Crippen LogP contribution in [0.4, 0.5) is 4.79 Å². The maximum Gasteiger partial charge on any atom is 0.409 e. The highest BCUT2D eigenvalue weighted by atomic mass is 35.5. The number of carbonyl (C=O) groups excluding carboxylic acids is 3. The van der Waals surface area contributed by atoms with E-state index in [0.717, 1.165) is 32.1 Å². The zero-order valence-corrected chi connectivity index (χ0v) is 19.8. The van der Waals surface area contributed by atoms with Gasteiger partial charge in [0.25, 0.3) is 5.91 Å². The van der Waals surface area contributed by atoms with Gasteiger partial charge in [0, 0.05) is 38.1 Å². The van der Waals surface area contributed by atoms with Gasteiger partial charge in [-0.25, -0.2) is 4.79 Å². The van der Waals surface area contributed by atoms with Gasteiger partial charge < -0.3 is 24.6 Å². The summed E-state index contributed by atoms with van der Waals surface area (Å²) in [5.74, 6) is 0.594. The van der Waals surface area contributed by atoms with E-state index in [1.54, 1.807) is 24.0 Å². The summed E-state index contributed by atoms with van der Waals surface area (Å²) in [4.78, 5) is 40.7. The number of carbonyl (C=O) groups is 3. The third-order valence-electron chi connectivity index (χ3n) is 7.17. The summed E-state index contributed by atoms with van der Waals surface area (Å²) in [7, 11) is 0. The van der Waals surface area contributed by atoms with E-state index < -0.39 is 0 Å². The van der Waals surface area contributed by atoms with Crippen molar-refractivity contribution in [1.82, 2.24) is 15.1 Å². The van der Waals surface area contributed by atoms with Crippen molar-refractivity contribution in [3.05, 3.63) is 29.3 Å². The molecular weight excluding hydrogens is 446 g/mol. The topological polar surface area (TPSA) is 88.2 Å². The Hall–Kier alpha value is -2.48. The van der Waals surface area contributed by atoms with Crippen LogP contribution in [0.3, 0.4) is 0 Å².